The molecule has 15 heavy (non-hydrogen) atoms. The van der Waals surface area contributed by atoms with E-state index in [-0.39, 0.29) is 5.78 Å². The molecule has 0 bridgehead atoms. The summed E-state index contributed by atoms with van der Waals surface area (Å²) in [6, 6.07) is -0.517. The monoisotopic (exact) mass is 209 g/mol. The third-order valence-electron chi connectivity index (χ3n) is 2.02. The molecule has 0 aliphatic heterocycles. The molecular formula is C10H15N3O2. The van der Waals surface area contributed by atoms with Gasteiger partial charge in [0, 0.05) is 26.1 Å². The Morgan fingerprint density at radius 2 is 2.40 bits per heavy atom. The standard InChI is InChI=1S/C10H15N3O2/c1-15-6-2-3-8(11)10(14)9-7-12-4-5-13-9/h4-5,7-8H,2-3,6,11H2,1H3. The van der Waals surface area contributed by atoms with Crippen molar-refractivity contribution < 1.29 is 9.53 Å². The van der Waals surface area contributed by atoms with Crippen molar-refractivity contribution in [2.45, 2.75) is 18.9 Å². The van der Waals surface area contributed by atoms with Crippen LogP contribution >= 0.6 is 0 Å². The Labute approximate surface area is 88.7 Å². The Bertz CT molecular complexity index is 303. The summed E-state index contributed by atoms with van der Waals surface area (Å²) in [6.07, 6.45) is 5.80. The van der Waals surface area contributed by atoms with Gasteiger partial charge in [0.05, 0.1) is 12.2 Å². The average Bonchev–Trinajstić information content (AvgIpc) is 2.29. The van der Waals surface area contributed by atoms with Gasteiger partial charge in [-0.2, -0.15) is 0 Å². The molecule has 0 saturated carbocycles. The van der Waals surface area contributed by atoms with Crippen LogP contribution < -0.4 is 5.73 Å². The van der Waals surface area contributed by atoms with Crippen molar-refractivity contribution in [2.24, 2.45) is 5.73 Å². The highest BCUT2D eigenvalue weighted by Gasteiger charge is 2.16. The summed E-state index contributed by atoms with van der Waals surface area (Å²) in [5.41, 5.74) is 6.04. The molecule has 0 fully saturated rings. The zero-order valence-corrected chi connectivity index (χ0v) is 8.72. The van der Waals surface area contributed by atoms with Crippen molar-refractivity contribution in [3.63, 3.8) is 0 Å². The SMILES string of the molecule is COCCCC(N)C(=O)c1cnccn1. The van der Waals surface area contributed by atoms with Crippen molar-refractivity contribution in [1.82, 2.24) is 9.97 Å². The molecule has 1 aromatic heterocycles. The van der Waals surface area contributed by atoms with Crippen LogP contribution in [0.2, 0.25) is 0 Å². The molecule has 1 aromatic rings. The first-order valence-corrected chi connectivity index (χ1v) is 4.80. The van der Waals surface area contributed by atoms with E-state index in [4.69, 9.17) is 10.5 Å². The van der Waals surface area contributed by atoms with Gasteiger partial charge >= 0.3 is 0 Å². The molecule has 0 saturated heterocycles. The summed E-state index contributed by atoms with van der Waals surface area (Å²) < 4.78 is 4.88. The number of ketones is 1. The second-order valence-electron chi connectivity index (χ2n) is 3.20. The lowest BCUT2D eigenvalue weighted by molar-refractivity contribution is 0.0945. The first-order valence-electron chi connectivity index (χ1n) is 4.80. The lowest BCUT2D eigenvalue weighted by Gasteiger charge is -2.08. The number of nitrogens with zero attached hydrogens (tertiary/aromatic N) is 2. The lowest BCUT2D eigenvalue weighted by atomic mass is 10.1. The second-order valence-corrected chi connectivity index (χ2v) is 3.20. The summed E-state index contributed by atoms with van der Waals surface area (Å²) in [5, 5.41) is 0. The van der Waals surface area contributed by atoms with Crippen molar-refractivity contribution in [3.8, 4) is 0 Å². The van der Waals surface area contributed by atoms with E-state index < -0.39 is 6.04 Å². The van der Waals surface area contributed by atoms with Gasteiger partial charge in [-0.15, -0.1) is 0 Å². The molecular weight excluding hydrogens is 194 g/mol. The average molecular weight is 209 g/mol. The van der Waals surface area contributed by atoms with E-state index in [1.165, 1.54) is 18.6 Å². The van der Waals surface area contributed by atoms with Crippen LogP contribution in [0.3, 0.4) is 0 Å². The number of aromatic nitrogens is 2. The normalized spacial score (nSPS) is 12.4. The maximum absolute atomic E-state index is 11.7. The Morgan fingerprint density at radius 1 is 1.60 bits per heavy atom. The summed E-state index contributed by atoms with van der Waals surface area (Å²) in [7, 11) is 1.62. The van der Waals surface area contributed by atoms with Gasteiger partial charge in [-0.05, 0) is 12.8 Å². The minimum atomic E-state index is -0.517. The van der Waals surface area contributed by atoms with Crippen LogP contribution in [0.25, 0.3) is 0 Å². The highest BCUT2D eigenvalue weighted by atomic mass is 16.5. The summed E-state index contributed by atoms with van der Waals surface area (Å²) in [4.78, 5) is 19.4. The van der Waals surface area contributed by atoms with Crippen LogP contribution in [0.5, 0.6) is 0 Å². The summed E-state index contributed by atoms with van der Waals surface area (Å²) in [6.45, 7) is 0.613. The zero-order valence-electron chi connectivity index (χ0n) is 8.72. The molecule has 5 nitrogen and oxygen atoms in total. The van der Waals surface area contributed by atoms with E-state index >= 15 is 0 Å². The Hall–Kier alpha value is -1.33. The van der Waals surface area contributed by atoms with Crippen molar-refractivity contribution in [1.29, 1.82) is 0 Å². The highest BCUT2D eigenvalue weighted by molar-refractivity contribution is 5.97. The van der Waals surface area contributed by atoms with Crippen LogP contribution in [0.1, 0.15) is 23.3 Å². The Morgan fingerprint density at radius 3 is 3.00 bits per heavy atom. The minimum Gasteiger partial charge on any atom is -0.385 e. The second kappa shape index (κ2) is 6.21. The Balaban J connectivity index is 2.46. The molecule has 0 amide bonds. The van der Waals surface area contributed by atoms with E-state index in [9.17, 15) is 4.79 Å². The topological polar surface area (TPSA) is 78.1 Å². The van der Waals surface area contributed by atoms with Crippen molar-refractivity contribution >= 4 is 5.78 Å². The van der Waals surface area contributed by atoms with E-state index in [2.05, 4.69) is 9.97 Å². The molecule has 0 aliphatic carbocycles. The first kappa shape index (κ1) is 11.7. The minimum absolute atomic E-state index is 0.167. The molecule has 0 spiro atoms. The number of nitrogens with two attached hydrogens (primary N) is 1. The van der Waals surface area contributed by atoms with Gasteiger partial charge in [0.1, 0.15) is 5.69 Å². The Kier molecular flexibility index (Phi) is 4.86. The van der Waals surface area contributed by atoms with E-state index in [0.717, 1.165) is 6.42 Å². The zero-order chi connectivity index (χ0) is 11.1. The molecule has 1 heterocycles. The number of rotatable bonds is 6. The van der Waals surface area contributed by atoms with Gasteiger partial charge in [-0.1, -0.05) is 0 Å². The molecule has 82 valence electrons. The van der Waals surface area contributed by atoms with Gasteiger partial charge in [0.15, 0.2) is 5.78 Å². The molecule has 1 atom stereocenters. The predicted octanol–water partition coefficient (Wildman–Crippen LogP) is 0.413. The number of ether oxygens (including phenoxy) is 1. The van der Waals surface area contributed by atoms with Gasteiger partial charge in [0.2, 0.25) is 0 Å². The quantitative estimate of drug-likeness (QED) is 0.542. The third-order valence-corrected chi connectivity index (χ3v) is 2.02. The molecule has 0 aromatic carbocycles. The number of Topliss-reactive ketones (excluding diaryl/α,β-unsaturated/α-hetero) is 1. The first-order chi connectivity index (χ1) is 7.25. The molecule has 2 N–H and O–H groups in total. The van der Waals surface area contributed by atoms with E-state index in [0.29, 0.717) is 18.7 Å². The number of carbonyl (C=O) groups excluding carboxylic acids is 1. The third kappa shape index (κ3) is 3.73. The maximum atomic E-state index is 11.7. The van der Waals surface area contributed by atoms with Crippen molar-refractivity contribution in [2.75, 3.05) is 13.7 Å². The van der Waals surface area contributed by atoms with Gasteiger partial charge < -0.3 is 10.5 Å². The highest BCUT2D eigenvalue weighted by Crippen LogP contribution is 2.02. The van der Waals surface area contributed by atoms with Crippen LogP contribution in [0, 0.1) is 0 Å². The van der Waals surface area contributed by atoms with Crippen molar-refractivity contribution in [3.05, 3.63) is 24.3 Å². The van der Waals surface area contributed by atoms with E-state index in [1.54, 1.807) is 7.11 Å². The molecule has 5 heteroatoms. The lowest BCUT2D eigenvalue weighted by Crippen LogP contribution is -2.31. The fraction of sp³-hybridized carbons (Fsp3) is 0.500. The predicted molar refractivity (Wildman–Crippen MR) is 55.4 cm³/mol. The van der Waals surface area contributed by atoms with Crippen LogP contribution in [0.15, 0.2) is 18.6 Å². The summed E-state index contributed by atoms with van der Waals surface area (Å²) in [5.74, 6) is -0.167. The van der Waals surface area contributed by atoms with Crippen LogP contribution in [0.4, 0.5) is 0 Å². The van der Waals surface area contributed by atoms with Crippen LogP contribution in [-0.4, -0.2) is 35.5 Å². The molecule has 0 aliphatic rings. The van der Waals surface area contributed by atoms with Gasteiger partial charge in [-0.25, -0.2) is 4.98 Å². The smallest absolute Gasteiger partial charge is 0.199 e. The van der Waals surface area contributed by atoms with E-state index in [1.807, 2.05) is 0 Å². The fourth-order valence-electron chi connectivity index (χ4n) is 1.19. The number of hydrogen-bond donors (Lipinski definition) is 1. The van der Waals surface area contributed by atoms with Gasteiger partial charge in [0.25, 0.3) is 0 Å². The molecule has 0 radical (unpaired) electrons. The maximum Gasteiger partial charge on any atom is 0.199 e. The molecule has 1 rings (SSSR count). The van der Waals surface area contributed by atoms with Gasteiger partial charge in [-0.3, -0.25) is 9.78 Å². The van der Waals surface area contributed by atoms with Crippen LogP contribution in [-0.2, 0) is 4.74 Å². The number of methoxy groups -OCH3 is 1. The summed E-state index contributed by atoms with van der Waals surface area (Å²) >= 11 is 0. The fourth-order valence-corrected chi connectivity index (χ4v) is 1.19. The largest absolute Gasteiger partial charge is 0.385 e. The number of hydrogen-bond acceptors (Lipinski definition) is 5. The number of carbonyl (C=O) groups is 1. The molecule has 1 unspecified atom stereocenters.